The number of hydrogen-bond donors (Lipinski definition) is 1. The molecular weight excluding hydrogens is 492 g/mol. The van der Waals surface area contributed by atoms with Crippen LogP contribution >= 0.6 is 11.3 Å². The molecule has 4 rings (SSSR count). The fourth-order valence-corrected chi connectivity index (χ4v) is 5.94. The molecule has 0 fully saturated rings. The number of amides is 1. The van der Waals surface area contributed by atoms with Gasteiger partial charge >= 0.3 is 0 Å². The second-order valence-electron chi connectivity index (χ2n) is 8.41. The summed E-state index contributed by atoms with van der Waals surface area (Å²) in [4.78, 5) is 22.7. The van der Waals surface area contributed by atoms with Crippen LogP contribution < -0.4 is 9.62 Å². The highest BCUT2D eigenvalue weighted by molar-refractivity contribution is 7.92. The van der Waals surface area contributed by atoms with Gasteiger partial charge in [0.2, 0.25) is 0 Å². The zero-order valence-corrected chi connectivity index (χ0v) is 22.3. The number of anilines is 2. The van der Waals surface area contributed by atoms with Gasteiger partial charge in [-0.15, -0.1) is 0 Å². The van der Waals surface area contributed by atoms with Gasteiger partial charge in [-0.05, 0) is 56.4 Å². The van der Waals surface area contributed by atoms with Gasteiger partial charge in [0.15, 0.2) is 5.13 Å². The number of thiazole rings is 1. The van der Waals surface area contributed by atoms with Crippen molar-refractivity contribution in [2.75, 3.05) is 35.8 Å². The molecule has 1 heterocycles. The highest BCUT2D eigenvalue weighted by atomic mass is 32.2. The summed E-state index contributed by atoms with van der Waals surface area (Å²) in [6.07, 6.45) is 0. The van der Waals surface area contributed by atoms with Crippen molar-refractivity contribution in [1.82, 2.24) is 9.88 Å². The van der Waals surface area contributed by atoms with E-state index in [1.165, 1.54) is 11.3 Å². The Bertz CT molecular complexity index is 1410. The minimum absolute atomic E-state index is 0.139. The summed E-state index contributed by atoms with van der Waals surface area (Å²) in [5, 5.41) is 0.588. The first-order chi connectivity index (χ1) is 17.3. The number of rotatable bonds is 10. The van der Waals surface area contributed by atoms with Crippen LogP contribution in [0, 0.1) is 6.92 Å². The summed E-state index contributed by atoms with van der Waals surface area (Å²) >= 11 is 1.45. The predicted molar refractivity (Wildman–Crippen MR) is 148 cm³/mol. The number of carbonyl (C=O) groups is 1. The number of hydrogen-bond acceptors (Lipinski definition) is 6. The van der Waals surface area contributed by atoms with Crippen molar-refractivity contribution < 1.29 is 13.2 Å². The highest BCUT2D eigenvalue weighted by Gasteiger charge is 2.25. The molecule has 3 aromatic carbocycles. The summed E-state index contributed by atoms with van der Waals surface area (Å²) in [6, 6.07) is 21.1. The fourth-order valence-electron chi connectivity index (χ4n) is 3.87. The lowest BCUT2D eigenvalue weighted by Crippen LogP contribution is -2.39. The molecule has 9 heteroatoms. The highest BCUT2D eigenvalue weighted by Crippen LogP contribution is 2.31. The number of aromatic nitrogens is 1. The van der Waals surface area contributed by atoms with Crippen LogP contribution in [0.1, 0.15) is 29.8 Å². The molecular formula is C27H30N4O3S2. The molecule has 1 amide bonds. The van der Waals surface area contributed by atoms with E-state index in [1.807, 2.05) is 31.2 Å². The van der Waals surface area contributed by atoms with Gasteiger partial charge in [-0.1, -0.05) is 67.1 Å². The van der Waals surface area contributed by atoms with Crippen LogP contribution in [0.25, 0.3) is 10.2 Å². The third-order valence-corrected chi connectivity index (χ3v) is 8.47. The molecule has 36 heavy (non-hydrogen) atoms. The molecule has 188 valence electrons. The van der Waals surface area contributed by atoms with Crippen molar-refractivity contribution in [2.24, 2.45) is 0 Å². The standard InChI is InChI=1S/C27H30N4O3S2/c1-4-30(5-2)18-19-31(27-28-24-12-8-9-13-25(24)35-27)26(32)22-10-6-7-11-23(22)29-36(33,34)21-16-14-20(3)15-17-21/h6-17,29H,4-5,18-19H2,1-3H3. The van der Waals surface area contributed by atoms with E-state index in [2.05, 4.69) is 23.5 Å². The SMILES string of the molecule is CCN(CC)CCN(C(=O)c1ccccc1NS(=O)(=O)c1ccc(C)cc1)c1nc2ccccc2s1. The van der Waals surface area contributed by atoms with Gasteiger partial charge in [0.25, 0.3) is 15.9 Å². The zero-order valence-electron chi connectivity index (χ0n) is 20.6. The normalized spacial score (nSPS) is 11.7. The van der Waals surface area contributed by atoms with Gasteiger partial charge in [-0.2, -0.15) is 0 Å². The van der Waals surface area contributed by atoms with Crippen molar-refractivity contribution in [2.45, 2.75) is 25.7 Å². The average Bonchev–Trinajstić information content (AvgIpc) is 3.30. The quantitative estimate of drug-likeness (QED) is 0.302. The van der Waals surface area contributed by atoms with Crippen LogP contribution in [-0.4, -0.2) is 50.4 Å². The molecule has 0 aliphatic heterocycles. The Morgan fingerprint density at radius 2 is 1.58 bits per heavy atom. The molecule has 0 aliphatic carbocycles. The summed E-state index contributed by atoms with van der Waals surface area (Å²) in [5.74, 6) is -0.302. The van der Waals surface area contributed by atoms with Gasteiger partial charge in [0.05, 0.1) is 26.4 Å². The molecule has 7 nitrogen and oxygen atoms in total. The van der Waals surface area contributed by atoms with Gasteiger partial charge in [-0.3, -0.25) is 14.4 Å². The number of sulfonamides is 1. The van der Waals surface area contributed by atoms with Gasteiger partial charge in [0, 0.05) is 13.1 Å². The van der Waals surface area contributed by atoms with Crippen LogP contribution in [0.5, 0.6) is 0 Å². The van der Waals surface area contributed by atoms with Gasteiger partial charge in [-0.25, -0.2) is 13.4 Å². The largest absolute Gasteiger partial charge is 0.302 e. The summed E-state index contributed by atoms with van der Waals surface area (Å²) in [7, 11) is -3.87. The Hall–Kier alpha value is -3.27. The third-order valence-electron chi connectivity index (χ3n) is 6.03. The first kappa shape index (κ1) is 25.8. The zero-order chi connectivity index (χ0) is 25.7. The Kier molecular flexibility index (Phi) is 8.03. The maximum atomic E-state index is 13.9. The minimum atomic E-state index is -3.87. The molecule has 0 saturated carbocycles. The van der Waals surface area contributed by atoms with Crippen molar-refractivity contribution in [1.29, 1.82) is 0 Å². The number of aryl methyl sites for hydroxylation is 1. The molecule has 0 spiro atoms. The van der Waals surface area contributed by atoms with Gasteiger partial charge in [0.1, 0.15) is 0 Å². The molecule has 0 aliphatic rings. The van der Waals surface area contributed by atoms with E-state index in [4.69, 9.17) is 4.98 Å². The molecule has 1 N–H and O–H groups in total. The van der Waals surface area contributed by atoms with Crippen molar-refractivity contribution in [3.05, 3.63) is 83.9 Å². The number of nitrogens with zero attached hydrogens (tertiary/aromatic N) is 3. The second kappa shape index (κ2) is 11.2. The topological polar surface area (TPSA) is 82.6 Å². The van der Waals surface area contributed by atoms with E-state index in [-0.39, 0.29) is 22.1 Å². The van der Waals surface area contributed by atoms with Gasteiger partial charge < -0.3 is 4.90 Å². The lowest BCUT2D eigenvalue weighted by atomic mass is 10.1. The molecule has 0 saturated heterocycles. The van der Waals surface area contributed by atoms with Crippen molar-refractivity contribution in [3.63, 3.8) is 0 Å². The second-order valence-corrected chi connectivity index (χ2v) is 11.1. The first-order valence-corrected chi connectivity index (χ1v) is 14.2. The van der Waals surface area contributed by atoms with E-state index in [0.717, 1.165) is 28.9 Å². The lowest BCUT2D eigenvalue weighted by molar-refractivity contribution is 0.0984. The number of carbonyl (C=O) groups excluding carboxylic acids is 1. The summed E-state index contributed by atoms with van der Waals surface area (Å²) < 4.78 is 29.8. The average molecular weight is 523 g/mol. The van der Waals surface area contributed by atoms with Crippen LogP contribution in [0.15, 0.2) is 77.7 Å². The molecule has 0 bridgehead atoms. The lowest BCUT2D eigenvalue weighted by Gasteiger charge is -2.25. The monoisotopic (exact) mass is 522 g/mol. The van der Waals surface area contributed by atoms with Crippen molar-refractivity contribution in [3.8, 4) is 0 Å². The summed E-state index contributed by atoms with van der Waals surface area (Å²) in [6.45, 7) is 8.90. The van der Waals surface area contributed by atoms with E-state index < -0.39 is 10.0 Å². The smallest absolute Gasteiger partial charge is 0.262 e. The maximum Gasteiger partial charge on any atom is 0.262 e. The number of para-hydroxylation sites is 2. The number of benzene rings is 3. The van der Waals surface area contributed by atoms with E-state index >= 15 is 0 Å². The first-order valence-electron chi connectivity index (χ1n) is 11.9. The Morgan fingerprint density at radius 1 is 0.917 bits per heavy atom. The van der Waals surface area contributed by atoms with Crippen molar-refractivity contribution >= 4 is 48.3 Å². The molecule has 4 aromatic rings. The van der Waals surface area contributed by atoms with E-state index in [1.54, 1.807) is 53.4 Å². The van der Waals surface area contributed by atoms with E-state index in [0.29, 0.717) is 18.2 Å². The summed E-state index contributed by atoms with van der Waals surface area (Å²) in [5.41, 5.74) is 2.29. The third kappa shape index (κ3) is 5.75. The van der Waals surface area contributed by atoms with Crippen LogP contribution in [0.4, 0.5) is 10.8 Å². The van der Waals surface area contributed by atoms with Crippen LogP contribution in [-0.2, 0) is 10.0 Å². The van der Waals surface area contributed by atoms with Crippen LogP contribution in [0.2, 0.25) is 0 Å². The fraction of sp³-hybridized carbons (Fsp3) is 0.259. The Morgan fingerprint density at radius 3 is 2.28 bits per heavy atom. The molecule has 0 atom stereocenters. The van der Waals surface area contributed by atoms with Crippen LogP contribution in [0.3, 0.4) is 0 Å². The molecule has 0 unspecified atom stereocenters. The number of fused-ring (bicyclic) bond motifs is 1. The minimum Gasteiger partial charge on any atom is -0.302 e. The molecule has 0 radical (unpaired) electrons. The predicted octanol–water partition coefficient (Wildman–Crippen LogP) is 5.39. The number of nitrogens with one attached hydrogen (secondary N) is 1. The maximum absolute atomic E-state index is 13.9. The number of likely N-dealkylation sites (N-methyl/N-ethyl adjacent to an activating group) is 1. The Labute approximate surface area is 216 Å². The Balaban J connectivity index is 1.69. The molecule has 1 aromatic heterocycles. The van der Waals surface area contributed by atoms with E-state index in [9.17, 15) is 13.2 Å².